The van der Waals surface area contributed by atoms with Gasteiger partial charge in [0.2, 0.25) is 11.5 Å². The third-order valence-corrected chi connectivity index (χ3v) is 7.14. The Hall–Kier alpha value is -4.92. The lowest BCUT2D eigenvalue weighted by molar-refractivity contribution is -0.658. The molecule has 0 unspecified atom stereocenters. The van der Waals surface area contributed by atoms with E-state index in [1.54, 1.807) is 37.1 Å². The molecule has 1 atom stereocenters. The van der Waals surface area contributed by atoms with Crippen LogP contribution >= 0.6 is 0 Å². The molecule has 2 aromatic carbocycles. The van der Waals surface area contributed by atoms with E-state index in [1.807, 2.05) is 68.4 Å². The number of nitrogens with one attached hydrogen (secondary N) is 1. The van der Waals surface area contributed by atoms with E-state index >= 15 is 0 Å². The fourth-order valence-electron chi connectivity index (χ4n) is 4.89. The highest BCUT2D eigenvalue weighted by Crippen LogP contribution is 2.28. The number of nitrogens with two attached hydrogens (primary N) is 1. The molecular weight excluding hydrogens is 506 g/mol. The van der Waals surface area contributed by atoms with Crippen molar-refractivity contribution in [1.29, 1.82) is 0 Å². The Morgan fingerprint density at radius 1 is 1.05 bits per heavy atom. The van der Waals surface area contributed by atoms with E-state index in [1.165, 1.54) is 4.40 Å². The zero-order chi connectivity index (χ0) is 28.4. The molecular formula is C31H32N5O4+. The summed E-state index contributed by atoms with van der Waals surface area (Å²) in [5, 5.41) is 3.33. The molecule has 5 rings (SSSR count). The minimum absolute atomic E-state index is 0.217. The second kappa shape index (κ2) is 11.1. The van der Waals surface area contributed by atoms with Crippen LogP contribution in [0.4, 0.5) is 5.82 Å². The Balaban J connectivity index is 1.62. The Bertz CT molecular complexity index is 1780. The van der Waals surface area contributed by atoms with Gasteiger partial charge in [0.05, 0.1) is 26.8 Å². The summed E-state index contributed by atoms with van der Waals surface area (Å²) < 4.78 is 14.1. The van der Waals surface area contributed by atoms with E-state index < -0.39 is 0 Å². The molecule has 3 N–H and O–H groups in total. The molecule has 9 heteroatoms. The molecule has 0 saturated heterocycles. The number of nitrogens with zero attached hydrogens (tertiary/aromatic N) is 3. The number of rotatable bonds is 8. The van der Waals surface area contributed by atoms with Gasteiger partial charge in [0.25, 0.3) is 17.1 Å². The van der Waals surface area contributed by atoms with Gasteiger partial charge in [-0.05, 0) is 49.2 Å². The minimum Gasteiger partial charge on any atom is -0.493 e. The van der Waals surface area contributed by atoms with Crippen LogP contribution in [0.2, 0.25) is 0 Å². The molecule has 3 heterocycles. The molecule has 5 aromatic rings. The smallest absolute Gasteiger partial charge is 0.278 e. The molecule has 40 heavy (non-hydrogen) atoms. The van der Waals surface area contributed by atoms with Gasteiger partial charge in [0, 0.05) is 18.2 Å². The van der Waals surface area contributed by atoms with Crippen molar-refractivity contribution in [3.63, 3.8) is 0 Å². The highest BCUT2D eigenvalue weighted by Gasteiger charge is 2.26. The molecule has 3 aromatic heterocycles. The summed E-state index contributed by atoms with van der Waals surface area (Å²) in [6, 6.07) is 20.3. The van der Waals surface area contributed by atoms with Crippen LogP contribution < -0.4 is 30.7 Å². The molecule has 9 nitrogen and oxygen atoms in total. The van der Waals surface area contributed by atoms with Crippen LogP contribution in [0, 0.1) is 6.92 Å². The van der Waals surface area contributed by atoms with Gasteiger partial charge in [0.15, 0.2) is 11.5 Å². The lowest BCUT2D eigenvalue weighted by Crippen LogP contribution is -2.43. The Morgan fingerprint density at radius 3 is 2.52 bits per heavy atom. The third-order valence-electron chi connectivity index (χ3n) is 7.14. The van der Waals surface area contributed by atoms with Gasteiger partial charge in [-0.15, -0.1) is 0 Å². The third kappa shape index (κ3) is 4.93. The second-order valence-corrected chi connectivity index (χ2v) is 9.68. The number of pyridine rings is 2. The van der Waals surface area contributed by atoms with Crippen LogP contribution in [0.1, 0.15) is 40.0 Å². The maximum Gasteiger partial charge on any atom is 0.278 e. The molecule has 204 valence electrons. The monoisotopic (exact) mass is 538 g/mol. The summed E-state index contributed by atoms with van der Waals surface area (Å²) in [6.45, 7) is 4.18. The van der Waals surface area contributed by atoms with Crippen molar-refractivity contribution in [3.8, 4) is 11.5 Å². The van der Waals surface area contributed by atoms with Crippen LogP contribution in [0.5, 0.6) is 11.5 Å². The number of hydrogen-bond acceptors (Lipinski definition) is 6. The van der Waals surface area contributed by atoms with Crippen molar-refractivity contribution in [2.24, 2.45) is 0 Å². The van der Waals surface area contributed by atoms with Crippen molar-refractivity contribution in [3.05, 3.63) is 106 Å². The molecule has 1 amide bonds. The molecule has 0 aliphatic rings. The highest BCUT2D eigenvalue weighted by molar-refractivity contribution is 6.00. The number of methoxy groups -OCH3 is 2. The number of amides is 1. The van der Waals surface area contributed by atoms with Crippen molar-refractivity contribution < 1.29 is 18.8 Å². The van der Waals surface area contributed by atoms with Crippen LogP contribution in [-0.4, -0.2) is 29.5 Å². The molecule has 0 spiro atoms. The summed E-state index contributed by atoms with van der Waals surface area (Å²) in [5.74, 6) is 1.11. The van der Waals surface area contributed by atoms with Gasteiger partial charge in [-0.2, -0.15) is 0 Å². The number of ether oxygens (including phenoxy) is 2. The van der Waals surface area contributed by atoms with E-state index in [-0.39, 0.29) is 28.9 Å². The van der Waals surface area contributed by atoms with Crippen LogP contribution in [0.15, 0.2) is 77.7 Å². The molecule has 0 fully saturated rings. The van der Waals surface area contributed by atoms with E-state index in [0.29, 0.717) is 41.1 Å². The van der Waals surface area contributed by atoms with Crippen molar-refractivity contribution in [1.82, 2.24) is 14.7 Å². The van der Waals surface area contributed by atoms with Crippen LogP contribution in [0.3, 0.4) is 0 Å². The number of aromatic nitrogens is 3. The van der Waals surface area contributed by atoms with Crippen molar-refractivity contribution >= 4 is 28.4 Å². The van der Waals surface area contributed by atoms with Crippen molar-refractivity contribution in [2.75, 3.05) is 20.0 Å². The highest BCUT2D eigenvalue weighted by atomic mass is 16.5. The number of nitrogen functional groups attached to an aromatic ring is 1. The van der Waals surface area contributed by atoms with Gasteiger partial charge in [-0.25, -0.2) is 4.57 Å². The topological polar surface area (TPSA) is 112 Å². The summed E-state index contributed by atoms with van der Waals surface area (Å²) in [6.07, 6.45) is 2.23. The fraction of sp³-hybridized carbons (Fsp3) is 0.226. The minimum atomic E-state index is -0.371. The zero-order valence-electron chi connectivity index (χ0n) is 23.0. The van der Waals surface area contributed by atoms with E-state index in [9.17, 15) is 9.59 Å². The Morgan fingerprint density at radius 2 is 1.80 bits per heavy atom. The lowest BCUT2D eigenvalue weighted by atomic mass is 10.1. The summed E-state index contributed by atoms with van der Waals surface area (Å²) in [4.78, 5) is 32.0. The molecule has 0 aliphatic carbocycles. The number of hydrogen-bond donors (Lipinski definition) is 2. The zero-order valence-corrected chi connectivity index (χ0v) is 23.0. The maximum atomic E-state index is 13.7. The summed E-state index contributed by atoms with van der Waals surface area (Å²) in [5.41, 5.74) is 10.4. The number of carbonyl (C=O) groups is 1. The standard InChI is InChI=1S/C31H31N5O4/c1-19-9-8-15-36-28(19)34-29-24(31(36)38)18-23(30(37)33-20(2)22-10-6-5-7-11-22)27(32)35(29)16-14-21-12-13-25(39-3)26(17-21)40-4/h5-13,15,17-18,20,32H,14,16H2,1-4H3,(H,33,37)/p+1/t20-/m0/s1. The van der Waals surface area contributed by atoms with Crippen molar-refractivity contribution in [2.45, 2.75) is 32.9 Å². The molecule has 0 radical (unpaired) electrons. The van der Waals surface area contributed by atoms with Gasteiger partial charge >= 0.3 is 0 Å². The fourth-order valence-corrected chi connectivity index (χ4v) is 4.89. The SMILES string of the molecule is COc1ccc(CC[n+]2c(N)c(C(=O)N[C@@H](C)c3ccccc3)cc3c(=O)n4cccc(C)c4nc32)cc1OC. The second-order valence-electron chi connectivity index (χ2n) is 9.68. The van der Waals surface area contributed by atoms with E-state index in [2.05, 4.69) is 5.32 Å². The largest absolute Gasteiger partial charge is 0.493 e. The normalized spacial score (nSPS) is 11.9. The van der Waals surface area contributed by atoms with E-state index in [0.717, 1.165) is 16.7 Å². The Labute approximate surface area is 231 Å². The first-order chi connectivity index (χ1) is 19.3. The van der Waals surface area contributed by atoms with Crippen LogP contribution in [-0.2, 0) is 13.0 Å². The number of aryl methyl sites for hydroxylation is 3. The van der Waals surface area contributed by atoms with Gasteiger partial charge < -0.3 is 20.5 Å². The van der Waals surface area contributed by atoms with Crippen LogP contribution in [0.25, 0.3) is 16.7 Å². The number of carbonyl (C=O) groups excluding carboxylic acids is 1. The summed E-state index contributed by atoms with van der Waals surface area (Å²) >= 11 is 0. The van der Waals surface area contributed by atoms with E-state index in [4.69, 9.17) is 20.2 Å². The molecule has 0 saturated carbocycles. The van der Waals surface area contributed by atoms with Gasteiger partial charge in [-0.3, -0.25) is 14.0 Å². The number of benzene rings is 2. The lowest BCUT2D eigenvalue weighted by Gasteiger charge is -2.16. The summed E-state index contributed by atoms with van der Waals surface area (Å²) in [7, 11) is 3.18. The number of fused-ring (bicyclic) bond motifs is 2. The first-order valence-corrected chi connectivity index (χ1v) is 13.0. The van der Waals surface area contributed by atoms with Gasteiger partial charge in [-0.1, -0.05) is 47.4 Å². The molecule has 0 aliphatic heterocycles. The first kappa shape index (κ1) is 26.7. The molecule has 0 bridgehead atoms. The first-order valence-electron chi connectivity index (χ1n) is 13.0. The number of anilines is 1. The maximum absolute atomic E-state index is 13.7. The average molecular weight is 539 g/mol. The quantitative estimate of drug-likeness (QED) is 0.230. The predicted octanol–water partition coefficient (Wildman–Crippen LogP) is 3.78. The average Bonchev–Trinajstić information content (AvgIpc) is 2.97. The predicted molar refractivity (Wildman–Crippen MR) is 154 cm³/mol. The van der Waals surface area contributed by atoms with Gasteiger partial charge in [0.1, 0.15) is 10.9 Å². The Kier molecular flexibility index (Phi) is 7.37.